The Morgan fingerprint density at radius 2 is 2.00 bits per heavy atom. The summed E-state index contributed by atoms with van der Waals surface area (Å²) in [6, 6.07) is 4.78. The quantitative estimate of drug-likeness (QED) is 0.661. The Bertz CT molecular complexity index is 933. The lowest BCUT2D eigenvalue weighted by atomic mass is 10.2. The molecule has 6 nitrogen and oxygen atoms in total. The first-order chi connectivity index (χ1) is 12.4. The molecule has 3 aromatic rings. The lowest BCUT2D eigenvalue weighted by molar-refractivity contribution is -0.0489. The van der Waals surface area contributed by atoms with Crippen molar-refractivity contribution in [2.24, 2.45) is 0 Å². The van der Waals surface area contributed by atoms with Crippen LogP contribution in [0, 0.1) is 13.8 Å². The first-order valence-electron chi connectivity index (χ1n) is 7.71. The standard InChI is InChI=1S/C17H17F2N3O3S/c1-9-4-5-13(25-16(18)19)15-14(9)21-17(22-15)26(23)8-11-10(2)12(24-3)6-7-20-11/h4-7,16H,8H2,1-3H3,(H,21,22). The van der Waals surface area contributed by atoms with Gasteiger partial charge in [0.05, 0.1) is 18.3 Å². The number of hydrogen-bond donors (Lipinski definition) is 1. The molecule has 1 N–H and O–H groups in total. The van der Waals surface area contributed by atoms with E-state index in [1.807, 2.05) is 6.92 Å². The minimum Gasteiger partial charge on any atom is -0.609 e. The van der Waals surface area contributed by atoms with Crippen LogP contribution in [-0.2, 0) is 16.9 Å². The number of pyridine rings is 1. The molecule has 3 rings (SSSR count). The van der Waals surface area contributed by atoms with Gasteiger partial charge in [-0.15, -0.1) is 0 Å². The van der Waals surface area contributed by atoms with Gasteiger partial charge in [-0.25, -0.2) is 0 Å². The van der Waals surface area contributed by atoms with Crippen molar-refractivity contribution < 1.29 is 22.8 Å². The molecule has 26 heavy (non-hydrogen) atoms. The summed E-state index contributed by atoms with van der Waals surface area (Å²) in [5.41, 5.74) is 2.93. The van der Waals surface area contributed by atoms with Crippen LogP contribution in [-0.4, -0.2) is 33.2 Å². The highest BCUT2D eigenvalue weighted by Gasteiger charge is 2.23. The van der Waals surface area contributed by atoms with Gasteiger partial charge in [-0.05, 0) is 31.5 Å². The van der Waals surface area contributed by atoms with Crippen LogP contribution in [0.15, 0.2) is 29.6 Å². The number of fused-ring (bicyclic) bond motifs is 1. The highest BCUT2D eigenvalue weighted by molar-refractivity contribution is 7.90. The maximum absolute atomic E-state index is 12.7. The molecule has 0 spiro atoms. The molecule has 2 aromatic heterocycles. The summed E-state index contributed by atoms with van der Waals surface area (Å²) in [6.45, 7) is 0.665. The van der Waals surface area contributed by atoms with Crippen molar-refractivity contribution in [2.75, 3.05) is 7.11 Å². The maximum Gasteiger partial charge on any atom is 0.387 e. The fourth-order valence-corrected chi connectivity index (χ4v) is 3.68. The molecule has 0 saturated carbocycles. The summed E-state index contributed by atoms with van der Waals surface area (Å²) in [7, 11) is 1.55. The maximum atomic E-state index is 12.7. The smallest absolute Gasteiger partial charge is 0.387 e. The van der Waals surface area contributed by atoms with Crippen LogP contribution in [0.3, 0.4) is 0 Å². The molecule has 0 aliphatic heterocycles. The number of rotatable bonds is 6. The van der Waals surface area contributed by atoms with E-state index in [2.05, 4.69) is 19.7 Å². The number of ether oxygens (including phenoxy) is 2. The van der Waals surface area contributed by atoms with E-state index >= 15 is 0 Å². The molecule has 0 aliphatic rings. The van der Waals surface area contributed by atoms with Gasteiger partial charge in [0.25, 0.3) is 0 Å². The van der Waals surface area contributed by atoms with Gasteiger partial charge in [-0.2, -0.15) is 13.8 Å². The number of benzene rings is 1. The molecule has 1 unspecified atom stereocenters. The topological polar surface area (TPSA) is 83.1 Å². The first kappa shape index (κ1) is 18.4. The molecule has 0 fully saturated rings. The number of halogens is 2. The monoisotopic (exact) mass is 381 g/mol. The largest absolute Gasteiger partial charge is 0.609 e. The van der Waals surface area contributed by atoms with Crippen LogP contribution >= 0.6 is 0 Å². The van der Waals surface area contributed by atoms with Crippen molar-refractivity contribution in [1.82, 2.24) is 15.0 Å². The third-order valence-corrected chi connectivity index (χ3v) is 5.13. The van der Waals surface area contributed by atoms with Gasteiger partial charge >= 0.3 is 11.8 Å². The summed E-state index contributed by atoms with van der Waals surface area (Å²) in [6.07, 6.45) is 1.58. The zero-order valence-electron chi connectivity index (χ0n) is 14.4. The van der Waals surface area contributed by atoms with E-state index < -0.39 is 17.8 Å². The van der Waals surface area contributed by atoms with Crippen LogP contribution in [0.25, 0.3) is 11.0 Å². The van der Waals surface area contributed by atoms with E-state index in [4.69, 9.17) is 4.74 Å². The van der Waals surface area contributed by atoms with E-state index in [-0.39, 0.29) is 22.2 Å². The van der Waals surface area contributed by atoms with Gasteiger partial charge in [-0.3, -0.25) is 9.97 Å². The summed E-state index contributed by atoms with van der Waals surface area (Å²) in [4.78, 5) is 11.4. The molecule has 0 saturated heterocycles. The molecule has 0 aliphatic carbocycles. The molecular formula is C17H17F2N3O3S. The zero-order chi connectivity index (χ0) is 18.8. The molecule has 1 aromatic carbocycles. The molecule has 1 atom stereocenters. The average molecular weight is 381 g/mol. The molecule has 138 valence electrons. The van der Waals surface area contributed by atoms with Gasteiger partial charge in [0, 0.05) is 22.9 Å². The van der Waals surface area contributed by atoms with Crippen molar-refractivity contribution in [3.8, 4) is 11.5 Å². The average Bonchev–Trinajstić information content (AvgIpc) is 3.05. The predicted octanol–water partition coefficient (Wildman–Crippen LogP) is 3.49. The summed E-state index contributed by atoms with van der Waals surface area (Å²) >= 11 is -1.54. The number of hydrogen-bond acceptors (Lipinski definition) is 5. The minimum atomic E-state index is -2.96. The number of aromatic amines is 1. The molecule has 2 heterocycles. The van der Waals surface area contributed by atoms with Gasteiger partial charge in [0.15, 0.2) is 11.5 Å². The van der Waals surface area contributed by atoms with Crippen molar-refractivity contribution in [2.45, 2.75) is 31.4 Å². The predicted molar refractivity (Wildman–Crippen MR) is 93.1 cm³/mol. The van der Waals surface area contributed by atoms with Crippen molar-refractivity contribution in [3.05, 3.63) is 41.2 Å². The van der Waals surface area contributed by atoms with Crippen LogP contribution in [0.5, 0.6) is 11.5 Å². The fraction of sp³-hybridized carbons (Fsp3) is 0.294. The van der Waals surface area contributed by atoms with Crippen LogP contribution in [0.2, 0.25) is 0 Å². The summed E-state index contributed by atoms with van der Waals surface area (Å²) < 4.78 is 47.6. The van der Waals surface area contributed by atoms with Crippen LogP contribution in [0.1, 0.15) is 16.8 Å². The number of alkyl halides is 2. The Morgan fingerprint density at radius 1 is 1.23 bits per heavy atom. The lowest BCUT2D eigenvalue weighted by Gasteiger charge is -2.10. The second-order valence-electron chi connectivity index (χ2n) is 5.60. The van der Waals surface area contributed by atoms with Gasteiger partial charge < -0.3 is 14.0 Å². The Balaban J connectivity index is 1.94. The second kappa shape index (κ2) is 7.46. The first-order valence-corrected chi connectivity index (χ1v) is 9.03. The Labute approximate surface area is 151 Å². The van der Waals surface area contributed by atoms with Crippen LogP contribution in [0.4, 0.5) is 8.78 Å². The number of nitrogens with one attached hydrogen (secondary N) is 1. The summed E-state index contributed by atoms with van der Waals surface area (Å²) in [5.74, 6) is 0.711. The SMILES string of the molecule is COc1ccnc(C[S+]([O-])c2nc3c(OC(F)F)ccc(C)c3[nH]2)c1C. The Kier molecular flexibility index (Phi) is 5.28. The number of H-pyrrole nitrogens is 1. The van der Waals surface area contributed by atoms with E-state index in [1.54, 1.807) is 32.4 Å². The third-order valence-electron chi connectivity index (χ3n) is 3.97. The van der Waals surface area contributed by atoms with Crippen molar-refractivity contribution in [1.29, 1.82) is 0 Å². The molecule has 0 amide bonds. The van der Waals surface area contributed by atoms with Crippen LogP contribution < -0.4 is 9.47 Å². The Hall–Kier alpha value is -2.39. The number of imidazole rings is 1. The highest BCUT2D eigenvalue weighted by Crippen LogP contribution is 2.30. The van der Waals surface area contributed by atoms with Crippen molar-refractivity contribution in [3.63, 3.8) is 0 Å². The summed E-state index contributed by atoms with van der Waals surface area (Å²) in [5, 5.41) is 0.178. The minimum absolute atomic E-state index is 0.0595. The van der Waals surface area contributed by atoms with E-state index in [0.717, 1.165) is 11.1 Å². The number of nitrogens with zero attached hydrogens (tertiary/aromatic N) is 2. The molecular weight excluding hydrogens is 364 g/mol. The normalized spacial score (nSPS) is 12.6. The molecule has 0 bridgehead atoms. The Morgan fingerprint density at radius 3 is 2.69 bits per heavy atom. The van der Waals surface area contributed by atoms with E-state index in [9.17, 15) is 13.3 Å². The van der Waals surface area contributed by atoms with Gasteiger partial charge in [0.1, 0.15) is 11.3 Å². The van der Waals surface area contributed by atoms with Gasteiger partial charge in [-0.1, -0.05) is 6.07 Å². The number of methoxy groups -OCH3 is 1. The highest BCUT2D eigenvalue weighted by atomic mass is 32.2. The number of aryl methyl sites for hydroxylation is 1. The van der Waals surface area contributed by atoms with Gasteiger partial charge in [0.2, 0.25) is 0 Å². The number of aromatic nitrogens is 3. The second-order valence-corrected chi connectivity index (χ2v) is 6.97. The molecule has 9 heteroatoms. The fourth-order valence-electron chi connectivity index (χ4n) is 2.60. The molecule has 0 radical (unpaired) electrons. The third kappa shape index (κ3) is 3.58. The van der Waals surface area contributed by atoms with Crippen molar-refractivity contribution >= 4 is 22.2 Å². The lowest BCUT2D eigenvalue weighted by Crippen LogP contribution is -2.10. The van der Waals surface area contributed by atoms with E-state index in [0.29, 0.717) is 17.0 Å². The zero-order valence-corrected chi connectivity index (χ0v) is 15.2. The van der Waals surface area contributed by atoms with E-state index in [1.165, 1.54) is 6.07 Å².